The molecule has 0 aliphatic heterocycles. The van der Waals surface area contributed by atoms with Gasteiger partial charge in [-0.3, -0.25) is 4.79 Å². The van der Waals surface area contributed by atoms with Crippen molar-refractivity contribution in [2.45, 2.75) is 19.3 Å². The molecule has 0 heterocycles. The van der Waals surface area contributed by atoms with Crippen LogP contribution in [0, 0.1) is 17.8 Å². The fraction of sp³-hybridized carbons (Fsp3) is 0.429. The summed E-state index contributed by atoms with van der Waals surface area (Å²) in [4.78, 5) is 12.2. The van der Waals surface area contributed by atoms with E-state index in [1.165, 1.54) is 6.42 Å². The molecule has 2 saturated carbocycles. The number of anilines is 1. The summed E-state index contributed by atoms with van der Waals surface area (Å²) in [6.45, 7) is 0. The number of carbonyl (C=O) groups is 1. The molecule has 2 fully saturated rings. The standard InChI is InChI=1S/C14H16ClN3O2/c15-10-5-4-7(13(16)18-20)6-11(10)17-14(19)12-8-2-1-3-9(8)12/h4-6,8-9,12,20H,1-3H2,(H2,16,18)(H,17,19). The van der Waals surface area contributed by atoms with Crippen LogP contribution in [0.3, 0.4) is 0 Å². The molecule has 1 aromatic carbocycles. The lowest BCUT2D eigenvalue weighted by molar-refractivity contribution is -0.118. The minimum Gasteiger partial charge on any atom is -0.409 e. The molecule has 20 heavy (non-hydrogen) atoms. The van der Waals surface area contributed by atoms with Crippen LogP contribution in [0.1, 0.15) is 24.8 Å². The van der Waals surface area contributed by atoms with Crippen molar-refractivity contribution in [3.63, 3.8) is 0 Å². The fourth-order valence-electron chi connectivity index (χ4n) is 3.26. The third-order valence-corrected chi connectivity index (χ3v) is 4.67. The number of hydrogen-bond acceptors (Lipinski definition) is 3. The van der Waals surface area contributed by atoms with E-state index in [1.807, 2.05) is 0 Å². The van der Waals surface area contributed by atoms with Crippen LogP contribution in [0.4, 0.5) is 5.69 Å². The van der Waals surface area contributed by atoms with Gasteiger partial charge in [-0.1, -0.05) is 23.2 Å². The molecule has 1 aromatic rings. The molecule has 2 aliphatic rings. The Hall–Kier alpha value is -1.75. The highest BCUT2D eigenvalue weighted by Gasteiger charge is 2.56. The summed E-state index contributed by atoms with van der Waals surface area (Å²) < 4.78 is 0. The third-order valence-electron chi connectivity index (χ3n) is 4.34. The molecule has 5 nitrogen and oxygen atoms in total. The van der Waals surface area contributed by atoms with Crippen LogP contribution >= 0.6 is 11.6 Å². The molecule has 0 radical (unpaired) electrons. The Bertz CT molecular complexity index is 578. The fourth-order valence-corrected chi connectivity index (χ4v) is 3.43. The second-order valence-corrected chi connectivity index (χ2v) is 5.86. The molecular formula is C14H16ClN3O2. The van der Waals surface area contributed by atoms with Crippen molar-refractivity contribution in [2.24, 2.45) is 28.6 Å². The first-order valence-corrected chi connectivity index (χ1v) is 7.08. The number of amidine groups is 1. The first kappa shape index (κ1) is 13.2. The Labute approximate surface area is 121 Å². The van der Waals surface area contributed by atoms with Crippen molar-refractivity contribution in [2.75, 3.05) is 5.32 Å². The number of rotatable bonds is 3. The lowest BCUT2D eigenvalue weighted by Gasteiger charge is -2.10. The van der Waals surface area contributed by atoms with E-state index in [0.717, 1.165) is 12.8 Å². The average Bonchev–Trinajstić information content (AvgIpc) is 2.94. The molecule has 0 spiro atoms. The summed E-state index contributed by atoms with van der Waals surface area (Å²) in [5.41, 5.74) is 6.56. The Morgan fingerprint density at radius 2 is 2.10 bits per heavy atom. The normalized spacial score (nSPS) is 28.1. The molecule has 0 aromatic heterocycles. The van der Waals surface area contributed by atoms with Crippen LogP contribution in [-0.4, -0.2) is 17.0 Å². The lowest BCUT2D eigenvalue weighted by atomic mass is 10.1. The number of benzene rings is 1. The number of carbonyl (C=O) groups excluding carboxylic acids is 1. The van der Waals surface area contributed by atoms with Gasteiger partial charge >= 0.3 is 0 Å². The molecule has 4 N–H and O–H groups in total. The van der Waals surface area contributed by atoms with E-state index in [-0.39, 0.29) is 17.7 Å². The number of hydrogen-bond donors (Lipinski definition) is 3. The zero-order valence-electron chi connectivity index (χ0n) is 10.8. The van der Waals surface area contributed by atoms with Crippen molar-refractivity contribution in [3.8, 4) is 0 Å². The topological polar surface area (TPSA) is 87.7 Å². The van der Waals surface area contributed by atoms with Gasteiger partial charge in [-0.2, -0.15) is 0 Å². The number of oxime groups is 1. The maximum absolute atomic E-state index is 12.2. The lowest BCUT2D eigenvalue weighted by Crippen LogP contribution is -2.18. The summed E-state index contributed by atoms with van der Waals surface area (Å²) >= 11 is 6.08. The van der Waals surface area contributed by atoms with Crippen molar-refractivity contribution in [1.82, 2.24) is 0 Å². The quantitative estimate of drug-likeness (QED) is 0.346. The molecule has 2 unspecified atom stereocenters. The maximum Gasteiger partial charge on any atom is 0.228 e. The molecule has 2 atom stereocenters. The van der Waals surface area contributed by atoms with Crippen LogP contribution in [0.15, 0.2) is 23.4 Å². The van der Waals surface area contributed by atoms with Crippen LogP contribution < -0.4 is 11.1 Å². The van der Waals surface area contributed by atoms with Crippen LogP contribution in [0.25, 0.3) is 0 Å². The van der Waals surface area contributed by atoms with Crippen LogP contribution in [0.2, 0.25) is 5.02 Å². The zero-order chi connectivity index (χ0) is 14.3. The predicted molar refractivity (Wildman–Crippen MR) is 76.9 cm³/mol. The highest BCUT2D eigenvalue weighted by Crippen LogP contribution is 2.57. The third kappa shape index (κ3) is 2.22. The Morgan fingerprint density at radius 1 is 1.40 bits per heavy atom. The number of nitrogens with two attached hydrogens (primary N) is 1. The van der Waals surface area contributed by atoms with Gasteiger partial charge in [0.25, 0.3) is 0 Å². The number of nitrogens with one attached hydrogen (secondary N) is 1. The SMILES string of the molecule is N/C(=N/O)c1ccc(Cl)c(NC(=O)C2C3CCCC32)c1. The highest BCUT2D eigenvalue weighted by atomic mass is 35.5. The second kappa shape index (κ2) is 4.98. The van der Waals surface area contributed by atoms with Crippen molar-refractivity contribution < 1.29 is 10.0 Å². The Morgan fingerprint density at radius 3 is 2.75 bits per heavy atom. The number of nitrogens with zero attached hydrogens (tertiary/aromatic N) is 1. The highest BCUT2D eigenvalue weighted by molar-refractivity contribution is 6.34. The summed E-state index contributed by atoms with van der Waals surface area (Å²) in [5, 5.41) is 14.9. The van der Waals surface area contributed by atoms with Gasteiger partial charge in [0.05, 0.1) is 10.7 Å². The Kier molecular flexibility index (Phi) is 3.30. The van der Waals surface area contributed by atoms with E-state index >= 15 is 0 Å². The molecule has 0 saturated heterocycles. The van der Waals surface area contributed by atoms with Gasteiger partial charge in [0.1, 0.15) is 0 Å². The average molecular weight is 294 g/mol. The number of halogens is 1. The number of fused-ring (bicyclic) bond motifs is 1. The predicted octanol–water partition coefficient (Wildman–Crippen LogP) is 2.42. The van der Waals surface area contributed by atoms with Gasteiger partial charge < -0.3 is 16.3 Å². The van der Waals surface area contributed by atoms with Gasteiger partial charge in [0, 0.05) is 11.5 Å². The van der Waals surface area contributed by atoms with Crippen LogP contribution in [-0.2, 0) is 4.79 Å². The molecule has 106 valence electrons. The van der Waals surface area contributed by atoms with E-state index < -0.39 is 0 Å². The van der Waals surface area contributed by atoms with Gasteiger partial charge in [-0.15, -0.1) is 0 Å². The molecule has 2 aliphatic carbocycles. The van der Waals surface area contributed by atoms with E-state index in [9.17, 15) is 4.79 Å². The van der Waals surface area contributed by atoms with Crippen molar-refractivity contribution >= 4 is 29.0 Å². The maximum atomic E-state index is 12.2. The second-order valence-electron chi connectivity index (χ2n) is 5.45. The van der Waals surface area contributed by atoms with E-state index in [1.54, 1.807) is 18.2 Å². The molecule has 3 rings (SSSR count). The minimum atomic E-state index is -0.0135. The van der Waals surface area contributed by atoms with E-state index in [2.05, 4.69) is 10.5 Å². The zero-order valence-corrected chi connectivity index (χ0v) is 11.6. The van der Waals surface area contributed by atoms with Gasteiger partial charge in [-0.25, -0.2) is 0 Å². The van der Waals surface area contributed by atoms with Gasteiger partial charge in [0.2, 0.25) is 5.91 Å². The molecule has 1 amide bonds. The summed E-state index contributed by atoms with van der Waals surface area (Å²) in [6.07, 6.45) is 3.54. The van der Waals surface area contributed by atoms with Gasteiger partial charge in [-0.05, 0) is 42.9 Å². The summed E-state index contributed by atoms with van der Waals surface area (Å²) in [5.74, 6) is 1.26. The Balaban J connectivity index is 1.75. The van der Waals surface area contributed by atoms with E-state index in [0.29, 0.717) is 28.1 Å². The van der Waals surface area contributed by atoms with Gasteiger partial charge in [0.15, 0.2) is 5.84 Å². The number of amides is 1. The molecular weight excluding hydrogens is 278 g/mol. The van der Waals surface area contributed by atoms with Crippen molar-refractivity contribution in [1.29, 1.82) is 0 Å². The van der Waals surface area contributed by atoms with Crippen LogP contribution in [0.5, 0.6) is 0 Å². The monoisotopic (exact) mass is 293 g/mol. The summed E-state index contributed by atoms with van der Waals surface area (Å²) in [7, 11) is 0. The molecule has 6 heteroatoms. The largest absolute Gasteiger partial charge is 0.409 e. The smallest absolute Gasteiger partial charge is 0.228 e. The summed E-state index contributed by atoms with van der Waals surface area (Å²) in [6, 6.07) is 4.88. The molecule has 0 bridgehead atoms. The van der Waals surface area contributed by atoms with Crippen molar-refractivity contribution in [3.05, 3.63) is 28.8 Å². The first-order valence-electron chi connectivity index (χ1n) is 6.70. The first-order chi connectivity index (χ1) is 9.61. The minimum absolute atomic E-state index is 0.0135. The van der Waals surface area contributed by atoms with E-state index in [4.69, 9.17) is 22.5 Å².